The first kappa shape index (κ1) is 18.0. The molecule has 0 radical (unpaired) electrons. The lowest BCUT2D eigenvalue weighted by Gasteiger charge is -2.22. The SMILES string of the molecule is C=CCCCC=CCN(CC(=O)OCC)c1cccc(C)c1. The number of hydrogen-bond acceptors (Lipinski definition) is 3. The average molecular weight is 301 g/mol. The predicted molar refractivity (Wildman–Crippen MR) is 93.2 cm³/mol. The molecule has 3 nitrogen and oxygen atoms in total. The topological polar surface area (TPSA) is 29.5 Å². The van der Waals surface area contributed by atoms with Crippen molar-refractivity contribution in [3.8, 4) is 0 Å². The van der Waals surface area contributed by atoms with Crippen LogP contribution in [-0.4, -0.2) is 25.7 Å². The number of carbonyl (C=O) groups is 1. The first-order valence-electron chi connectivity index (χ1n) is 7.90. The van der Waals surface area contributed by atoms with E-state index in [4.69, 9.17) is 4.74 Å². The minimum absolute atomic E-state index is 0.191. The summed E-state index contributed by atoms with van der Waals surface area (Å²) in [6.07, 6.45) is 9.40. The Balaban J connectivity index is 2.65. The van der Waals surface area contributed by atoms with E-state index in [9.17, 15) is 4.79 Å². The molecule has 0 aromatic heterocycles. The summed E-state index contributed by atoms with van der Waals surface area (Å²) in [6, 6.07) is 8.18. The van der Waals surface area contributed by atoms with Gasteiger partial charge in [-0.25, -0.2) is 0 Å². The summed E-state index contributed by atoms with van der Waals surface area (Å²) < 4.78 is 5.07. The maximum Gasteiger partial charge on any atom is 0.325 e. The van der Waals surface area contributed by atoms with Crippen molar-refractivity contribution < 1.29 is 9.53 Å². The van der Waals surface area contributed by atoms with Crippen molar-refractivity contribution in [1.82, 2.24) is 0 Å². The molecule has 3 heteroatoms. The van der Waals surface area contributed by atoms with Gasteiger partial charge in [-0.15, -0.1) is 6.58 Å². The van der Waals surface area contributed by atoms with Gasteiger partial charge in [-0.05, 0) is 50.8 Å². The van der Waals surface area contributed by atoms with Crippen molar-refractivity contribution in [3.63, 3.8) is 0 Å². The van der Waals surface area contributed by atoms with E-state index in [-0.39, 0.29) is 12.5 Å². The van der Waals surface area contributed by atoms with Gasteiger partial charge in [0.1, 0.15) is 6.54 Å². The number of anilines is 1. The van der Waals surface area contributed by atoms with Crippen molar-refractivity contribution in [2.75, 3.05) is 24.6 Å². The van der Waals surface area contributed by atoms with E-state index in [2.05, 4.69) is 37.8 Å². The fraction of sp³-hybridized carbons (Fsp3) is 0.421. The van der Waals surface area contributed by atoms with Crippen molar-refractivity contribution in [2.24, 2.45) is 0 Å². The Bertz CT molecular complexity index is 494. The van der Waals surface area contributed by atoms with Crippen LogP contribution in [0.15, 0.2) is 49.1 Å². The summed E-state index contributed by atoms with van der Waals surface area (Å²) in [4.78, 5) is 13.8. The number of nitrogens with zero attached hydrogens (tertiary/aromatic N) is 1. The van der Waals surface area contributed by atoms with Gasteiger partial charge in [-0.2, -0.15) is 0 Å². The molecule has 22 heavy (non-hydrogen) atoms. The highest BCUT2D eigenvalue weighted by Crippen LogP contribution is 2.16. The molecule has 0 fully saturated rings. The number of allylic oxidation sites excluding steroid dienone is 2. The molecule has 0 saturated heterocycles. The average Bonchev–Trinajstić information content (AvgIpc) is 2.50. The minimum Gasteiger partial charge on any atom is -0.465 e. The number of unbranched alkanes of at least 4 members (excludes halogenated alkanes) is 2. The fourth-order valence-electron chi connectivity index (χ4n) is 2.15. The summed E-state index contributed by atoms with van der Waals surface area (Å²) in [5.41, 5.74) is 2.23. The molecular formula is C19H27NO2. The van der Waals surface area contributed by atoms with Crippen LogP contribution >= 0.6 is 0 Å². The quantitative estimate of drug-likeness (QED) is 0.367. The van der Waals surface area contributed by atoms with Gasteiger partial charge in [0.25, 0.3) is 0 Å². The van der Waals surface area contributed by atoms with Crippen LogP contribution in [-0.2, 0) is 9.53 Å². The summed E-state index contributed by atoms with van der Waals surface area (Å²) in [5, 5.41) is 0. The second kappa shape index (κ2) is 10.7. The van der Waals surface area contributed by atoms with Gasteiger partial charge < -0.3 is 9.64 Å². The van der Waals surface area contributed by atoms with Gasteiger partial charge in [0, 0.05) is 12.2 Å². The Morgan fingerprint density at radius 3 is 2.82 bits per heavy atom. The first-order chi connectivity index (χ1) is 10.7. The zero-order chi connectivity index (χ0) is 16.2. The lowest BCUT2D eigenvalue weighted by molar-refractivity contribution is -0.141. The van der Waals surface area contributed by atoms with Crippen LogP contribution in [0.3, 0.4) is 0 Å². The van der Waals surface area contributed by atoms with Crippen molar-refractivity contribution in [3.05, 3.63) is 54.6 Å². The van der Waals surface area contributed by atoms with Crippen molar-refractivity contribution in [2.45, 2.75) is 33.1 Å². The molecule has 0 unspecified atom stereocenters. The Morgan fingerprint density at radius 2 is 2.14 bits per heavy atom. The molecule has 120 valence electrons. The number of aryl methyl sites for hydroxylation is 1. The number of esters is 1. The van der Waals surface area contributed by atoms with Crippen LogP contribution in [0.25, 0.3) is 0 Å². The third-order valence-corrected chi connectivity index (χ3v) is 3.26. The van der Waals surface area contributed by atoms with Gasteiger partial charge in [0.2, 0.25) is 0 Å². The molecule has 0 aliphatic rings. The van der Waals surface area contributed by atoms with Crippen LogP contribution in [0.5, 0.6) is 0 Å². The van der Waals surface area contributed by atoms with Gasteiger partial charge in [0.15, 0.2) is 0 Å². The zero-order valence-electron chi connectivity index (χ0n) is 13.8. The molecule has 0 aliphatic carbocycles. The Hall–Kier alpha value is -2.03. The summed E-state index contributed by atoms with van der Waals surface area (Å²) >= 11 is 0. The van der Waals surface area contributed by atoms with Crippen LogP contribution in [0.2, 0.25) is 0 Å². The van der Waals surface area contributed by atoms with Gasteiger partial charge in [-0.3, -0.25) is 4.79 Å². The number of hydrogen-bond donors (Lipinski definition) is 0. The van der Waals surface area contributed by atoms with E-state index >= 15 is 0 Å². The Kier molecular flexibility index (Phi) is 8.73. The molecular weight excluding hydrogens is 274 g/mol. The molecule has 0 amide bonds. The van der Waals surface area contributed by atoms with E-state index in [0.717, 1.165) is 24.9 Å². The van der Waals surface area contributed by atoms with E-state index < -0.39 is 0 Å². The van der Waals surface area contributed by atoms with E-state index in [1.54, 1.807) is 0 Å². The second-order valence-corrected chi connectivity index (χ2v) is 5.22. The summed E-state index contributed by atoms with van der Waals surface area (Å²) in [7, 11) is 0. The van der Waals surface area contributed by atoms with E-state index in [0.29, 0.717) is 13.2 Å². The van der Waals surface area contributed by atoms with E-state index in [1.807, 2.05) is 30.0 Å². The molecule has 0 atom stereocenters. The van der Waals surface area contributed by atoms with Crippen molar-refractivity contribution >= 4 is 11.7 Å². The molecule has 0 N–H and O–H groups in total. The highest BCUT2D eigenvalue weighted by Gasteiger charge is 2.11. The minimum atomic E-state index is -0.191. The lowest BCUT2D eigenvalue weighted by Crippen LogP contribution is -2.31. The molecule has 1 aromatic rings. The molecule has 0 bridgehead atoms. The summed E-state index contributed by atoms with van der Waals surface area (Å²) in [6.45, 7) is 8.99. The molecule has 0 saturated carbocycles. The van der Waals surface area contributed by atoms with Crippen LogP contribution in [0, 0.1) is 6.92 Å². The second-order valence-electron chi connectivity index (χ2n) is 5.22. The zero-order valence-corrected chi connectivity index (χ0v) is 13.8. The van der Waals surface area contributed by atoms with Crippen LogP contribution in [0.4, 0.5) is 5.69 Å². The van der Waals surface area contributed by atoms with E-state index in [1.165, 1.54) is 5.56 Å². The molecule has 1 aromatic carbocycles. The maximum absolute atomic E-state index is 11.8. The highest BCUT2D eigenvalue weighted by atomic mass is 16.5. The molecule has 0 heterocycles. The maximum atomic E-state index is 11.8. The van der Waals surface area contributed by atoms with Crippen LogP contribution in [0.1, 0.15) is 31.7 Å². The van der Waals surface area contributed by atoms with Gasteiger partial charge in [-0.1, -0.05) is 30.4 Å². The molecule has 0 spiro atoms. The normalized spacial score (nSPS) is 10.6. The summed E-state index contributed by atoms with van der Waals surface area (Å²) in [5.74, 6) is -0.191. The predicted octanol–water partition coefficient (Wildman–Crippen LogP) is 4.28. The number of rotatable bonds is 10. The molecule has 1 rings (SSSR count). The lowest BCUT2D eigenvalue weighted by atomic mass is 10.2. The van der Waals surface area contributed by atoms with Crippen LogP contribution < -0.4 is 4.90 Å². The fourth-order valence-corrected chi connectivity index (χ4v) is 2.15. The number of ether oxygens (including phenoxy) is 1. The molecule has 0 aliphatic heterocycles. The number of benzene rings is 1. The standard InChI is InChI=1S/C19H27NO2/c1-4-6-7-8-9-10-14-20(16-19(21)22-5-2)18-13-11-12-17(3)15-18/h4,9-13,15H,1,5-8,14,16H2,2-3H3. The Morgan fingerprint density at radius 1 is 1.32 bits per heavy atom. The van der Waals surface area contributed by atoms with Crippen molar-refractivity contribution in [1.29, 1.82) is 0 Å². The largest absolute Gasteiger partial charge is 0.465 e. The third kappa shape index (κ3) is 7.11. The first-order valence-corrected chi connectivity index (χ1v) is 7.90. The highest BCUT2D eigenvalue weighted by molar-refractivity contribution is 5.76. The van der Waals surface area contributed by atoms with Gasteiger partial charge >= 0.3 is 5.97 Å². The number of carbonyl (C=O) groups excluding carboxylic acids is 1. The smallest absolute Gasteiger partial charge is 0.325 e. The monoisotopic (exact) mass is 301 g/mol. The van der Waals surface area contributed by atoms with Gasteiger partial charge in [0.05, 0.1) is 6.61 Å². The Labute approximate surface area is 134 Å². The third-order valence-electron chi connectivity index (χ3n) is 3.26.